The molecule has 0 aliphatic rings. The highest BCUT2D eigenvalue weighted by Crippen LogP contribution is 2.30. The molecule has 0 fully saturated rings. The van der Waals surface area contributed by atoms with Crippen molar-refractivity contribution < 1.29 is 13.2 Å². The van der Waals surface area contributed by atoms with Gasteiger partial charge in [0.2, 0.25) is 0 Å². The maximum atomic E-state index is 12.2. The van der Waals surface area contributed by atoms with Crippen molar-refractivity contribution in [1.29, 1.82) is 0 Å². The van der Waals surface area contributed by atoms with Gasteiger partial charge < -0.3 is 5.32 Å². The summed E-state index contributed by atoms with van der Waals surface area (Å²) in [5.41, 5.74) is 0.468. The van der Waals surface area contributed by atoms with Gasteiger partial charge in [0.15, 0.2) is 9.84 Å². The molecule has 0 saturated carbocycles. The standard InChI is InChI=1S/C14H10Cl3NO3S/c1-22(20,21)12-7-8(5-6-9(12)15)14(19)18-11-4-2-3-10(16)13(11)17/h2-7H,1H3,(H,18,19). The third kappa shape index (κ3) is 3.73. The smallest absolute Gasteiger partial charge is 0.255 e. The zero-order chi connectivity index (χ0) is 16.5. The van der Waals surface area contributed by atoms with Crippen molar-refractivity contribution >= 4 is 56.2 Å². The summed E-state index contributed by atoms with van der Waals surface area (Å²) in [5, 5.41) is 3.13. The molecule has 2 aromatic carbocycles. The molecular formula is C14H10Cl3NO3S. The Labute approximate surface area is 142 Å². The van der Waals surface area contributed by atoms with Gasteiger partial charge in [-0.3, -0.25) is 4.79 Å². The summed E-state index contributed by atoms with van der Waals surface area (Å²) < 4.78 is 23.3. The number of amides is 1. The number of anilines is 1. The van der Waals surface area contributed by atoms with Gasteiger partial charge in [0.1, 0.15) is 0 Å². The lowest BCUT2D eigenvalue weighted by molar-refractivity contribution is 0.102. The largest absolute Gasteiger partial charge is 0.321 e. The third-order valence-corrected chi connectivity index (χ3v) is 5.19. The minimum absolute atomic E-state index is 0.0554. The van der Waals surface area contributed by atoms with Gasteiger partial charge in [0.25, 0.3) is 5.91 Å². The Bertz CT molecular complexity index is 850. The summed E-state index contributed by atoms with van der Waals surface area (Å²) in [4.78, 5) is 12.1. The third-order valence-electron chi connectivity index (χ3n) is 2.79. The number of hydrogen-bond acceptors (Lipinski definition) is 3. The van der Waals surface area contributed by atoms with Crippen LogP contribution < -0.4 is 5.32 Å². The molecule has 0 aliphatic carbocycles. The van der Waals surface area contributed by atoms with Crippen LogP contribution in [0.5, 0.6) is 0 Å². The number of halogens is 3. The monoisotopic (exact) mass is 377 g/mol. The predicted octanol–water partition coefficient (Wildman–Crippen LogP) is 4.30. The molecule has 0 saturated heterocycles. The van der Waals surface area contributed by atoms with Crippen LogP contribution in [0.4, 0.5) is 5.69 Å². The lowest BCUT2D eigenvalue weighted by Gasteiger charge is -2.09. The molecule has 0 bridgehead atoms. The Morgan fingerprint density at radius 3 is 2.36 bits per heavy atom. The van der Waals surface area contributed by atoms with Gasteiger partial charge in [0, 0.05) is 11.8 Å². The first-order chi connectivity index (χ1) is 10.2. The van der Waals surface area contributed by atoms with Crippen LogP contribution in [0.3, 0.4) is 0 Å². The van der Waals surface area contributed by atoms with Crippen LogP contribution in [-0.2, 0) is 9.84 Å². The Hall–Kier alpha value is -1.27. The molecule has 2 aromatic rings. The lowest BCUT2D eigenvalue weighted by Crippen LogP contribution is -2.13. The number of sulfone groups is 1. The fourth-order valence-electron chi connectivity index (χ4n) is 1.72. The molecule has 1 N–H and O–H groups in total. The van der Waals surface area contributed by atoms with E-state index in [-0.39, 0.29) is 20.5 Å². The molecule has 116 valence electrons. The van der Waals surface area contributed by atoms with Gasteiger partial charge in [-0.25, -0.2) is 8.42 Å². The van der Waals surface area contributed by atoms with Crippen molar-refractivity contribution in [2.24, 2.45) is 0 Å². The summed E-state index contributed by atoms with van der Waals surface area (Å²) in [6.07, 6.45) is 1.02. The van der Waals surface area contributed by atoms with Crippen molar-refractivity contribution in [1.82, 2.24) is 0 Å². The van der Waals surface area contributed by atoms with Crippen molar-refractivity contribution in [3.05, 3.63) is 57.0 Å². The Balaban J connectivity index is 2.37. The number of benzene rings is 2. The summed E-state index contributed by atoms with van der Waals surface area (Å²) >= 11 is 17.7. The molecule has 2 rings (SSSR count). The highest BCUT2D eigenvalue weighted by molar-refractivity contribution is 7.90. The van der Waals surface area contributed by atoms with Crippen LogP contribution in [-0.4, -0.2) is 20.6 Å². The normalized spacial score (nSPS) is 11.3. The topological polar surface area (TPSA) is 63.2 Å². The Kier molecular flexibility index (Phi) is 5.02. The molecule has 0 atom stereocenters. The van der Waals surface area contributed by atoms with E-state index in [9.17, 15) is 13.2 Å². The number of rotatable bonds is 3. The van der Waals surface area contributed by atoms with E-state index in [1.54, 1.807) is 18.2 Å². The molecule has 0 unspecified atom stereocenters. The zero-order valence-corrected chi connectivity index (χ0v) is 14.3. The summed E-state index contributed by atoms with van der Waals surface area (Å²) in [5.74, 6) is -0.522. The molecule has 0 aliphatic heterocycles. The Morgan fingerprint density at radius 1 is 1.05 bits per heavy atom. The minimum atomic E-state index is -3.54. The summed E-state index contributed by atoms with van der Waals surface area (Å²) in [6.45, 7) is 0. The zero-order valence-electron chi connectivity index (χ0n) is 11.2. The summed E-state index contributed by atoms with van der Waals surface area (Å²) in [7, 11) is -3.54. The van der Waals surface area contributed by atoms with Crippen LogP contribution in [0.25, 0.3) is 0 Å². The van der Waals surface area contributed by atoms with Crippen molar-refractivity contribution in [3.63, 3.8) is 0 Å². The Morgan fingerprint density at radius 2 is 1.73 bits per heavy atom. The molecule has 0 radical (unpaired) electrons. The molecule has 1 amide bonds. The van der Waals surface area contributed by atoms with Crippen LogP contribution in [0, 0.1) is 0 Å². The van der Waals surface area contributed by atoms with E-state index in [0.29, 0.717) is 10.7 Å². The van der Waals surface area contributed by atoms with E-state index in [0.717, 1.165) is 6.26 Å². The van der Waals surface area contributed by atoms with Crippen LogP contribution in [0.1, 0.15) is 10.4 Å². The average molecular weight is 379 g/mol. The second-order valence-corrected chi connectivity index (χ2v) is 7.65. The molecule has 0 aromatic heterocycles. The molecule has 0 heterocycles. The van der Waals surface area contributed by atoms with E-state index in [4.69, 9.17) is 34.8 Å². The number of hydrogen-bond donors (Lipinski definition) is 1. The SMILES string of the molecule is CS(=O)(=O)c1cc(C(=O)Nc2cccc(Cl)c2Cl)ccc1Cl. The van der Waals surface area contributed by atoms with Crippen molar-refractivity contribution in [2.45, 2.75) is 4.90 Å². The van der Waals surface area contributed by atoms with Gasteiger partial charge in [0.05, 0.1) is 25.7 Å². The van der Waals surface area contributed by atoms with E-state index < -0.39 is 15.7 Å². The summed E-state index contributed by atoms with van der Waals surface area (Å²) in [6, 6.07) is 8.79. The quantitative estimate of drug-likeness (QED) is 0.866. The van der Waals surface area contributed by atoms with E-state index in [1.165, 1.54) is 18.2 Å². The average Bonchev–Trinajstić information content (AvgIpc) is 2.43. The van der Waals surface area contributed by atoms with Crippen molar-refractivity contribution in [3.8, 4) is 0 Å². The second-order valence-electron chi connectivity index (χ2n) is 4.47. The fourth-order valence-corrected chi connectivity index (χ4v) is 3.37. The van der Waals surface area contributed by atoms with Crippen LogP contribution in [0.15, 0.2) is 41.3 Å². The van der Waals surface area contributed by atoms with Gasteiger partial charge in [-0.1, -0.05) is 40.9 Å². The van der Waals surface area contributed by atoms with Gasteiger partial charge >= 0.3 is 0 Å². The van der Waals surface area contributed by atoms with E-state index >= 15 is 0 Å². The number of nitrogens with one attached hydrogen (secondary N) is 1. The molecule has 4 nitrogen and oxygen atoms in total. The van der Waals surface area contributed by atoms with Gasteiger partial charge in [-0.15, -0.1) is 0 Å². The first kappa shape index (κ1) is 17.1. The van der Waals surface area contributed by atoms with Gasteiger partial charge in [-0.05, 0) is 30.3 Å². The lowest BCUT2D eigenvalue weighted by atomic mass is 10.2. The first-order valence-electron chi connectivity index (χ1n) is 5.95. The number of carbonyl (C=O) groups is 1. The van der Waals surface area contributed by atoms with E-state index in [2.05, 4.69) is 5.32 Å². The predicted molar refractivity (Wildman–Crippen MR) is 89.0 cm³/mol. The number of carbonyl (C=O) groups excluding carboxylic acids is 1. The maximum Gasteiger partial charge on any atom is 0.255 e. The maximum absolute atomic E-state index is 12.2. The minimum Gasteiger partial charge on any atom is -0.321 e. The second kappa shape index (κ2) is 6.46. The molecule has 8 heteroatoms. The van der Waals surface area contributed by atoms with E-state index in [1.807, 2.05) is 0 Å². The molecule has 22 heavy (non-hydrogen) atoms. The van der Waals surface area contributed by atoms with Gasteiger partial charge in [-0.2, -0.15) is 0 Å². The molecule has 0 spiro atoms. The fraction of sp³-hybridized carbons (Fsp3) is 0.0714. The molecular weight excluding hydrogens is 369 g/mol. The first-order valence-corrected chi connectivity index (χ1v) is 8.97. The highest BCUT2D eigenvalue weighted by atomic mass is 35.5. The van der Waals surface area contributed by atoms with Crippen LogP contribution in [0.2, 0.25) is 15.1 Å². The highest BCUT2D eigenvalue weighted by Gasteiger charge is 2.16. The van der Waals surface area contributed by atoms with Crippen molar-refractivity contribution in [2.75, 3.05) is 11.6 Å². The van der Waals surface area contributed by atoms with Crippen LogP contribution >= 0.6 is 34.8 Å².